The molecule has 1 saturated heterocycles. The van der Waals surface area contributed by atoms with E-state index in [9.17, 15) is 29.7 Å². The molecule has 4 aliphatic heterocycles. The summed E-state index contributed by atoms with van der Waals surface area (Å²) in [6, 6.07) is 5.85. The Labute approximate surface area is 308 Å². The van der Waals surface area contributed by atoms with E-state index in [4.69, 9.17) is 18.9 Å². The second-order valence-corrected chi connectivity index (χ2v) is 14.4. The van der Waals surface area contributed by atoms with Gasteiger partial charge in [0.1, 0.15) is 34.7 Å². The molecule has 4 N–H and O–H groups in total. The molecule has 4 heterocycles. The number of aliphatic hydroxyl groups excluding tert-OH is 2. The number of nitrogens with zero attached hydrogens (tertiary/aromatic N) is 1. The fourth-order valence-corrected chi connectivity index (χ4v) is 8.96. The Morgan fingerprint density at radius 3 is 2.66 bits per heavy atom. The number of hydrogen-bond donors (Lipinski definition) is 4. The van der Waals surface area contributed by atoms with E-state index in [0.717, 1.165) is 47.6 Å². The Kier molecular flexibility index (Phi) is 10.8. The molecular weight excluding hydrogens is 680 g/mol. The zero-order chi connectivity index (χ0) is 37.3. The lowest BCUT2D eigenvalue weighted by Gasteiger charge is -2.42. The van der Waals surface area contributed by atoms with Crippen LogP contribution >= 0.6 is 0 Å². The summed E-state index contributed by atoms with van der Waals surface area (Å²) in [5, 5.41) is 38.3. The minimum absolute atomic E-state index is 0.0140. The third-order valence-corrected chi connectivity index (χ3v) is 11.6. The van der Waals surface area contributed by atoms with Crippen molar-refractivity contribution in [1.29, 1.82) is 0 Å². The molecule has 282 valence electrons. The number of methoxy groups -OCH3 is 1. The van der Waals surface area contributed by atoms with Crippen LogP contribution in [0.15, 0.2) is 40.1 Å². The van der Waals surface area contributed by atoms with Gasteiger partial charge in [0.2, 0.25) is 5.76 Å². The van der Waals surface area contributed by atoms with Crippen molar-refractivity contribution in [3.05, 3.63) is 67.9 Å². The minimum atomic E-state index is -1.25. The van der Waals surface area contributed by atoms with E-state index >= 15 is 0 Å². The number of esters is 1. The highest BCUT2D eigenvalue weighted by Gasteiger charge is 2.50. The van der Waals surface area contributed by atoms with Gasteiger partial charge in [-0.1, -0.05) is 17.7 Å². The Bertz CT molecular complexity index is 2000. The molecule has 0 aromatic heterocycles. The smallest absolute Gasteiger partial charge is 0.375 e. The number of aliphatic hydroxyl groups is 3. The highest BCUT2D eigenvalue weighted by molar-refractivity contribution is 6.11. The topological polar surface area (TPSA) is 173 Å². The van der Waals surface area contributed by atoms with Gasteiger partial charge in [-0.3, -0.25) is 14.6 Å². The van der Waals surface area contributed by atoms with Gasteiger partial charge >= 0.3 is 5.97 Å². The Hall–Kier alpha value is -4.36. The maximum absolute atomic E-state index is 13.6. The summed E-state index contributed by atoms with van der Waals surface area (Å²) in [5.41, 5.74) is 2.02. The molecule has 2 aromatic rings. The van der Waals surface area contributed by atoms with Crippen molar-refractivity contribution in [3.63, 3.8) is 0 Å². The third-order valence-electron chi connectivity index (χ3n) is 11.6. The predicted octanol–water partition coefficient (Wildman–Crippen LogP) is 2.50. The molecule has 1 saturated carbocycles. The first kappa shape index (κ1) is 37.0. The largest absolute Gasteiger partial charge is 0.496 e. The molecule has 53 heavy (non-hydrogen) atoms. The molecule has 5 aliphatic rings. The molecule has 0 unspecified atom stereocenters. The first-order valence-corrected chi connectivity index (χ1v) is 18.8. The van der Waals surface area contributed by atoms with Crippen molar-refractivity contribution in [2.24, 2.45) is 10.9 Å². The van der Waals surface area contributed by atoms with Crippen molar-refractivity contribution in [2.45, 2.75) is 88.9 Å². The van der Waals surface area contributed by atoms with Gasteiger partial charge in [-0.15, -0.1) is 0 Å². The van der Waals surface area contributed by atoms with Gasteiger partial charge in [0.05, 0.1) is 48.9 Å². The number of hydrogen-bond acceptors (Lipinski definition) is 12. The van der Waals surface area contributed by atoms with E-state index in [1.807, 2.05) is 24.3 Å². The molecule has 0 radical (unpaired) electrons. The van der Waals surface area contributed by atoms with Crippen LogP contribution in [-0.2, 0) is 32.1 Å². The average molecular weight is 729 g/mol. The summed E-state index contributed by atoms with van der Waals surface area (Å²) >= 11 is 0. The first-order valence-electron chi connectivity index (χ1n) is 18.8. The molecule has 0 spiro atoms. The van der Waals surface area contributed by atoms with Crippen LogP contribution < -0.4 is 30.1 Å². The van der Waals surface area contributed by atoms with Crippen LogP contribution in [-0.4, -0.2) is 85.0 Å². The van der Waals surface area contributed by atoms with Crippen LogP contribution in [0, 0.1) is 5.92 Å². The standard InChI is InChI=1S/C41H48N2O10/c1-3-51-40(48)39-29(21-45)34(25-7-9-32(47)27(19-25)23-6-8-31-24(18-23)10-16-43-31)35-37(50-2)28-20-33(52-36(28)30(22-46)38(35)53-39)41(49,13-4-5-17-44)26-11-14-42-15-12-26/h6,8,10,18,21,26-27,33,42,44,46,49H,3-5,7,9,11-17,19-20,22H2,1-2H3/b34-25-/t27-,33-,41+/m0/s1. The van der Waals surface area contributed by atoms with Gasteiger partial charge in [-0.05, 0) is 93.8 Å². The summed E-state index contributed by atoms with van der Waals surface area (Å²) in [4.78, 5) is 44.7. The zero-order valence-electron chi connectivity index (χ0n) is 30.4. The maximum atomic E-state index is 13.6. The molecular formula is C41H48N2O10. The molecule has 12 nitrogen and oxygen atoms in total. The zero-order valence-corrected chi connectivity index (χ0v) is 30.4. The second kappa shape index (κ2) is 15.5. The minimum Gasteiger partial charge on any atom is -0.496 e. The van der Waals surface area contributed by atoms with Crippen molar-refractivity contribution in [3.8, 4) is 17.2 Å². The lowest BCUT2D eigenvalue weighted by atomic mass is 9.73. The number of ketones is 1. The first-order chi connectivity index (χ1) is 25.8. The van der Waals surface area contributed by atoms with Crippen molar-refractivity contribution < 1.29 is 48.7 Å². The normalized spacial score (nSPS) is 23.5. The Morgan fingerprint density at radius 1 is 1.13 bits per heavy atom. The number of allylic oxidation sites excluding steroid dienone is 3. The number of carbonyl (C=O) groups excluding carboxylic acids is 3. The van der Waals surface area contributed by atoms with Crippen LogP contribution in [0.1, 0.15) is 86.5 Å². The number of aldehydes is 1. The number of Topliss-reactive ketones (excluding diaryl/α,β-unsaturated/α-hetero) is 1. The van der Waals surface area contributed by atoms with E-state index < -0.39 is 30.2 Å². The monoisotopic (exact) mass is 728 g/mol. The quantitative estimate of drug-likeness (QED) is 0.144. The second-order valence-electron chi connectivity index (χ2n) is 14.4. The number of ether oxygens (including phenoxy) is 4. The summed E-state index contributed by atoms with van der Waals surface area (Å²) < 4.78 is 24.5. The number of piperidine rings is 1. The van der Waals surface area contributed by atoms with Crippen molar-refractivity contribution in [2.75, 3.05) is 40.0 Å². The van der Waals surface area contributed by atoms with Crippen LogP contribution in [0.4, 0.5) is 0 Å². The maximum Gasteiger partial charge on any atom is 0.375 e. The van der Waals surface area contributed by atoms with Crippen molar-refractivity contribution >= 4 is 29.7 Å². The predicted molar refractivity (Wildman–Crippen MR) is 194 cm³/mol. The van der Waals surface area contributed by atoms with E-state index in [1.54, 1.807) is 6.92 Å². The highest BCUT2D eigenvalue weighted by atomic mass is 16.6. The van der Waals surface area contributed by atoms with Gasteiger partial charge in [0, 0.05) is 36.5 Å². The fraction of sp³-hybridized carbons (Fsp3) is 0.512. The van der Waals surface area contributed by atoms with Gasteiger partial charge < -0.3 is 39.6 Å². The lowest BCUT2D eigenvalue weighted by molar-refractivity contribution is -0.141. The van der Waals surface area contributed by atoms with Crippen LogP contribution in [0.5, 0.6) is 17.2 Å². The molecule has 2 aromatic carbocycles. The Morgan fingerprint density at radius 2 is 1.94 bits per heavy atom. The van der Waals surface area contributed by atoms with E-state index in [1.165, 1.54) is 7.11 Å². The van der Waals surface area contributed by atoms with Crippen LogP contribution in [0.2, 0.25) is 0 Å². The number of benzene rings is 2. The van der Waals surface area contributed by atoms with Crippen LogP contribution in [0.3, 0.4) is 0 Å². The number of carbonyl (C=O) groups is 3. The van der Waals surface area contributed by atoms with Gasteiger partial charge in [-0.2, -0.15) is 0 Å². The molecule has 12 heteroatoms. The number of unbranched alkanes of at least 4 members (excludes halogenated alkanes) is 1. The van der Waals surface area contributed by atoms with E-state index in [-0.39, 0.29) is 66.8 Å². The molecule has 1 aliphatic carbocycles. The number of nitrogens with one attached hydrogen (secondary N) is 1. The SMILES string of the molecule is CCOC(=O)C1=C(C=O)/C(=C2\CCC(=O)[C@H](c3ccc4c(c3)=CCN=4)C2)c2c(OC)c3c(c(CO)c2O1)O[C@H]([C@@](O)(CCCCO)C1CCNCC1)C3. The molecule has 0 bridgehead atoms. The Balaban J connectivity index is 1.40. The fourth-order valence-electron chi connectivity index (χ4n) is 8.96. The van der Waals surface area contributed by atoms with E-state index in [2.05, 4.69) is 10.3 Å². The number of rotatable bonds is 12. The molecule has 3 atom stereocenters. The molecule has 7 rings (SSSR count). The third kappa shape index (κ3) is 6.60. The van der Waals surface area contributed by atoms with E-state index in [0.29, 0.717) is 66.7 Å². The van der Waals surface area contributed by atoms with Gasteiger partial charge in [-0.25, -0.2) is 4.79 Å². The molecule has 0 amide bonds. The molecule has 2 fully saturated rings. The summed E-state index contributed by atoms with van der Waals surface area (Å²) in [7, 11) is 1.51. The number of fused-ring (bicyclic) bond motifs is 3. The lowest BCUT2D eigenvalue weighted by Crippen LogP contribution is -2.53. The average Bonchev–Trinajstić information content (AvgIpc) is 3.85. The summed E-state index contributed by atoms with van der Waals surface area (Å²) in [6.07, 6.45) is 6.02. The van der Waals surface area contributed by atoms with Gasteiger partial charge in [0.15, 0.2) is 6.29 Å². The van der Waals surface area contributed by atoms with Gasteiger partial charge in [0.25, 0.3) is 0 Å². The summed E-state index contributed by atoms with van der Waals surface area (Å²) in [6.45, 7) is 3.27. The van der Waals surface area contributed by atoms with Crippen molar-refractivity contribution in [1.82, 2.24) is 5.32 Å². The highest BCUT2D eigenvalue weighted by Crippen LogP contribution is 2.57. The van der Waals surface area contributed by atoms with Crippen LogP contribution in [0.25, 0.3) is 11.6 Å². The summed E-state index contributed by atoms with van der Waals surface area (Å²) in [5.74, 6) is -0.898.